The molecule has 0 saturated heterocycles. The van der Waals surface area contributed by atoms with E-state index in [0.29, 0.717) is 29.3 Å². The molecule has 2 N–H and O–H groups in total. The van der Waals surface area contributed by atoms with Gasteiger partial charge in [-0.2, -0.15) is 13.2 Å². The highest BCUT2D eigenvalue weighted by Crippen LogP contribution is 2.39. The molecule has 1 aliphatic rings. The number of carboxylic acids is 1. The van der Waals surface area contributed by atoms with Gasteiger partial charge < -0.3 is 10.4 Å². The van der Waals surface area contributed by atoms with Crippen molar-refractivity contribution >= 4 is 11.9 Å². The molecule has 1 saturated carbocycles. The topological polar surface area (TPSA) is 105 Å². The van der Waals surface area contributed by atoms with E-state index in [4.69, 9.17) is 5.11 Å². The lowest BCUT2D eigenvalue weighted by atomic mass is 9.82. The van der Waals surface area contributed by atoms with E-state index in [1.54, 1.807) is 24.5 Å². The van der Waals surface area contributed by atoms with Gasteiger partial charge in [0.1, 0.15) is 0 Å². The predicted octanol–water partition coefficient (Wildman–Crippen LogP) is 5.28. The maximum Gasteiger partial charge on any atom is 0.416 e. The zero-order valence-electron chi connectivity index (χ0n) is 20.0. The lowest BCUT2D eigenvalue weighted by Crippen LogP contribution is -2.26. The second-order valence-corrected chi connectivity index (χ2v) is 9.21. The third-order valence-corrected chi connectivity index (χ3v) is 6.68. The van der Waals surface area contributed by atoms with Gasteiger partial charge in [0.25, 0.3) is 5.91 Å². The Kier molecular flexibility index (Phi) is 8.15. The predicted molar refractivity (Wildman–Crippen MR) is 130 cm³/mol. The monoisotopic (exact) mass is 512 g/mol. The third-order valence-electron chi connectivity index (χ3n) is 6.68. The van der Waals surface area contributed by atoms with Crippen LogP contribution in [0.1, 0.15) is 65.2 Å². The van der Waals surface area contributed by atoms with E-state index in [9.17, 15) is 22.8 Å². The van der Waals surface area contributed by atoms with Crippen LogP contribution in [0.15, 0.2) is 55.0 Å². The van der Waals surface area contributed by atoms with Crippen molar-refractivity contribution in [3.05, 3.63) is 77.4 Å². The number of aromatic nitrogens is 3. The molecule has 0 bridgehead atoms. The van der Waals surface area contributed by atoms with Crippen molar-refractivity contribution in [2.75, 3.05) is 6.54 Å². The van der Waals surface area contributed by atoms with Crippen molar-refractivity contribution in [3.8, 4) is 11.4 Å². The minimum Gasteiger partial charge on any atom is -0.481 e. The Morgan fingerprint density at radius 2 is 1.65 bits per heavy atom. The van der Waals surface area contributed by atoms with E-state index in [-0.39, 0.29) is 24.8 Å². The average Bonchev–Trinajstić information content (AvgIpc) is 3.42. The highest BCUT2D eigenvalue weighted by molar-refractivity contribution is 5.94. The second kappa shape index (κ2) is 11.5. The smallest absolute Gasteiger partial charge is 0.416 e. The van der Waals surface area contributed by atoms with Gasteiger partial charge in [0.2, 0.25) is 0 Å². The van der Waals surface area contributed by atoms with Gasteiger partial charge in [0, 0.05) is 36.4 Å². The SMILES string of the molecule is O=C(O)CCNC(=O)c1ccc(C[C@H](c2cnc(-c3ccc(C(F)(F)F)cc3)nc2)C2CCCC2)nc1. The van der Waals surface area contributed by atoms with Gasteiger partial charge in [-0.15, -0.1) is 0 Å². The van der Waals surface area contributed by atoms with Crippen molar-refractivity contribution in [3.63, 3.8) is 0 Å². The van der Waals surface area contributed by atoms with E-state index < -0.39 is 17.7 Å². The molecule has 4 rings (SSSR count). The summed E-state index contributed by atoms with van der Waals surface area (Å²) < 4.78 is 38.6. The van der Waals surface area contributed by atoms with E-state index in [1.807, 2.05) is 0 Å². The summed E-state index contributed by atoms with van der Waals surface area (Å²) in [6.45, 7) is 0.0438. The van der Waals surface area contributed by atoms with Crippen LogP contribution in [-0.4, -0.2) is 38.5 Å². The lowest BCUT2D eigenvalue weighted by molar-refractivity contribution is -0.138. The highest BCUT2D eigenvalue weighted by atomic mass is 19.4. The molecular formula is C27H27F3N4O3. The molecule has 1 fully saturated rings. The average molecular weight is 513 g/mol. The Hall–Kier alpha value is -3.82. The molecular weight excluding hydrogens is 485 g/mol. The number of rotatable bonds is 9. The number of alkyl halides is 3. The van der Waals surface area contributed by atoms with Crippen molar-refractivity contribution in [1.29, 1.82) is 0 Å². The molecule has 10 heteroatoms. The normalized spacial score (nSPS) is 14.9. The second-order valence-electron chi connectivity index (χ2n) is 9.21. The quantitative estimate of drug-likeness (QED) is 0.404. The van der Waals surface area contributed by atoms with Crippen LogP contribution in [0.5, 0.6) is 0 Å². The van der Waals surface area contributed by atoms with Gasteiger partial charge in [-0.1, -0.05) is 25.0 Å². The first kappa shape index (κ1) is 26.2. The lowest BCUT2D eigenvalue weighted by Gasteiger charge is -2.23. The van der Waals surface area contributed by atoms with Crippen LogP contribution in [0.2, 0.25) is 0 Å². The third kappa shape index (κ3) is 6.90. The van der Waals surface area contributed by atoms with Gasteiger partial charge in [-0.25, -0.2) is 9.97 Å². The molecule has 0 unspecified atom stereocenters. The first-order chi connectivity index (χ1) is 17.7. The van der Waals surface area contributed by atoms with Crippen LogP contribution in [0.4, 0.5) is 13.2 Å². The fourth-order valence-corrected chi connectivity index (χ4v) is 4.69. The first-order valence-corrected chi connectivity index (χ1v) is 12.1. The van der Waals surface area contributed by atoms with Gasteiger partial charge in [-0.05, 0) is 60.9 Å². The fraction of sp³-hybridized carbons (Fsp3) is 0.370. The summed E-state index contributed by atoms with van der Waals surface area (Å²) in [6, 6.07) is 8.26. The largest absolute Gasteiger partial charge is 0.481 e. The number of hydrogen-bond acceptors (Lipinski definition) is 5. The first-order valence-electron chi connectivity index (χ1n) is 12.1. The molecule has 2 heterocycles. The van der Waals surface area contributed by atoms with Gasteiger partial charge in [0.05, 0.1) is 17.5 Å². The molecule has 0 aliphatic heterocycles. The number of carboxylic acid groups (broad SMARTS) is 1. The molecule has 37 heavy (non-hydrogen) atoms. The zero-order chi connectivity index (χ0) is 26.4. The van der Waals surface area contributed by atoms with Crippen LogP contribution in [0.3, 0.4) is 0 Å². The van der Waals surface area contributed by atoms with Crippen LogP contribution in [-0.2, 0) is 17.4 Å². The molecule has 1 aliphatic carbocycles. The van der Waals surface area contributed by atoms with Crippen molar-refractivity contribution in [2.45, 2.75) is 50.6 Å². The molecule has 1 atom stereocenters. The minimum atomic E-state index is -4.39. The number of halogens is 3. The highest BCUT2D eigenvalue weighted by Gasteiger charge is 2.30. The van der Waals surface area contributed by atoms with Crippen molar-refractivity contribution in [2.24, 2.45) is 5.92 Å². The van der Waals surface area contributed by atoms with E-state index in [2.05, 4.69) is 20.3 Å². The zero-order valence-corrected chi connectivity index (χ0v) is 20.0. The van der Waals surface area contributed by atoms with Crippen molar-refractivity contribution < 1.29 is 27.9 Å². The Balaban J connectivity index is 1.47. The Labute approximate surface area is 212 Å². The number of nitrogens with zero attached hydrogens (tertiary/aromatic N) is 3. The van der Waals surface area contributed by atoms with Crippen LogP contribution in [0.25, 0.3) is 11.4 Å². The maximum absolute atomic E-state index is 12.9. The Bertz CT molecular complexity index is 1210. The molecule has 0 radical (unpaired) electrons. The molecule has 3 aromatic rings. The number of carbonyl (C=O) groups excluding carboxylic acids is 1. The summed E-state index contributed by atoms with van der Waals surface area (Å²) in [5, 5.41) is 11.3. The summed E-state index contributed by atoms with van der Waals surface area (Å²) in [4.78, 5) is 36.2. The fourth-order valence-electron chi connectivity index (χ4n) is 4.69. The molecule has 2 aromatic heterocycles. The molecule has 1 aromatic carbocycles. The van der Waals surface area contributed by atoms with Crippen LogP contribution < -0.4 is 5.32 Å². The number of amides is 1. The van der Waals surface area contributed by atoms with E-state index in [0.717, 1.165) is 49.1 Å². The molecule has 7 nitrogen and oxygen atoms in total. The number of nitrogens with one attached hydrogen (secondary N) is 1. The summed E-state index contributed by atoms with van der Waals surface area (Å²) in [5.74, 6) is -0.449. The summed E-state index contributed by atoms with van der Waals surface area (Å²) in [6.07, 6.45) is 5.51. The standard InChI is InChI=1S/C27H27F3N4O3/c28-27(29,30)21-8-5-18(6-9-21)25-33-15-20(16-34-25)23(17-3-1-2-4-17)13-22-10-7-19(14-32-22)26(37)31-12-11-24(35)36/h5-10,14-17,23H,1-4,11-13H2,(H,31,37)(H,35,36)/t23-/m0/s1. The summed E-state index contributed by atoms with van der Waals surface area (Å²) in [7, 11) is 0. The Morgan fingerprint density at radius 3 is 2.22 bits per heavy atom. The molecule has 194 valence electrons. The van der Waals surface area contributed by atoms with Gasteiger partial charge >= 0.3 is 12.1 Å². The van der Waals surface area contributed by atoms with Crippen molar-refractivity contribution in [1.82, 2.24) is 20.3 Å². The van der Waals surface area contributed by atoms with E-state index >= 15 is 0 Å². The molecule has 1 amide bonds. The van der Waals surface area contributed by atoms with Crippen LogP contribution >= 0.6 is 0 Å². The number of carbonyl (C=O) groups is 2. The maximum atomic E-state index is 12.9. The van der Waals surface area contributed by atoms with Gasteiger partial charge in [0.15, 0.2) is 5.82 Å². The number of hydrogen-bond donors (Lipinski definition) is 2. The number of benzene rings is 1. The molecule has 0 spiro atoms. The summed E-state index contributed by atoms with van der Waals surface area (Å²) >= 11 is 0. The Morgan fingerprint density at radius 1 is 0.973 bits per heavy atom. The summed E-state index contributed by atoms with van der Waals surface area (Å²) in [5.41, 5.74) is 1.91. The minimum absolute atomic E-state index is 0.0438. The van der Waals surface area contributed by atoms with Crippen LogP contribution in [0, 0.1) is 5.92 Å². The number of aliphatic carboxylic acids is 1. The van der Waals surface area contributed by atoms with E-state index in [1.165, 1.54) is 18.3 Å². The van der Waals surface area contributed by atoms with Gasteiger partial charge in [-0.3, -0.25) is 14.6 Å². The number of pyridine rings is 1.